The van der Waals surface area contributed by atoms with Crippen LogP contribution in [0.1, 0.15) is 17.9 Å². The third-order valence-electron chi connectivity index (χ3n) is 2.59. The van der Waals surface area contributed by atoms with E-state index in [9.17, 15) is 9.18 Å². The number of hydrogen-bond donors (Lipinski definition) is 0. The molecule has 0 aliphatic carbocycles. The van der Waals surface area contributed by atoms with E-state index in [1.165, 1.54) is 19.2 Å². The van der Waals surface area contributed by atoms with Crippen molar-refractivity contribution in [1.29, 1.82) is 0 Å². The number of aromatic nitrogens is 2. The maximum atomic E-state index is 12.7. The van der Waals surface area contributed by atoms with Crippen molar-refractivity contribution < 1.29 is 18.4 Å². The first-order chi connectivity index (χ1) is 9.17. The Labute approximate surface area is 109 Å². The molecule has 0 saturated carbocycles. The van der Waals surface area contributed by atoms with E-state index in [-0.39, 0.29) is 29.9 Å². The zero-order valence-corrected chi connectivity index (χ0v) is 10.4. The van der Waals surface area contributed by atoms with E-state index < -0.39 is 0 Å². The van der Waals surface area contributed by atoms with Crippen LogP contribution in [0.25, 0.3) is 0 Å². The molecule has 0 aliphatic rings. The monoisotopic (exact) mass is 264 g/mol. The van der Waals surface area contributed by atoms with Gasteiger partial charge in [-0.1, -0.05) is 12.1 Å². The predicted octanol–water partition coefficient (Wildman–Crippen LogP) is 1.96. The number of Topliss-reactive ketones (excluding diaryl/α,β-unsaturated/α-hetero) is 1. The number of ketones is 1. The van der Waals surface area contributed by atoms with Crippen LogP contribution in [-0.4, -0.2) is 23.0 Å². The Hall–Kier alpha value is -2.24. The van der Waals surface area contributed by atoms with E-state index in [1.54, 1.807) is 12.1 Å². The molecule has 0 bridgehead atoms. The molecule has 1 aromatic heterocycles. The van der Waals surface area contributed by atoms with Crippen LogP contribution < -0.4 is 4.74 Å². The second kappa shape index (κ2) is 6.08. The standard InChI is InChI=1S/C13H13FN2O3/c1-18-13-15-12(19-16-13)8-11(17)7-4-9-2-5-10(14)6-3-9/h2-3,5-6H,4,7-8H2,1H3. The molecule has 0 amide bonds. The van der Waals surface area contributed by atoms with Gasteiger partial charge in [-0.15, -0.1) is 0 Å². The van der Waals surface area contributed by atoms with Gasteiger partial charge in [-0.3, -0.25) is 4.79 Å². The lowest BCUT2D eigenvalue weighted by Crippen LogP contribution is -2.04. The lowest BCUT2D eigenvalue weighted by Gasteiger charge is -1.99. The molecule has 0 fully saturated rings. The lowest BCUT2D eigenvalue weighted by atomic mass is 10.1. The summed E-state index contributed by atoms with van der Waals surface area (Å²) in [6.45, 7) is 0. The van der Waals surface area contributed by atoms with Gasteiger partial charge in [-0.05, 0) is 29.3 Å². The normalized spacial score (nSPS) is 10.4. The Kier molecular flexibility index (Phi) is 4.22. The van der Waals surface area contributed by atoms with Gasteiger partial charge < -0.3 is 9.26 Å². The van der Waals surface area contributed by atoms with Crippen LogP contribution in [0.5, 0.6) is 6.01 Å². The van der Waals surface area contributed by atoms with Crippen LogP contribution in [0.15, 0.2) is 28.8 Å². The largest absolute Gasteiger partial charge is 0.465 e. The van der Waals surface area contributed by atoms with Gasteiger partial charge in [-0.2, -0.15) is 4.98 Å². The van der Waals surface area contributed by atoms with E-state index in [2.05, 4.69) is 10.1 Å². The van der Waals surface area contributed by atoms with Crippen molar-refractivity contribution in [1.82, 2.24) is 10.1 Å². The first kappa shape index (κ1) is 13.2. The second-order valence-corrected chi connectivity index (χ2v) is 4.02. The zero-order valence-electron chi connectivity index (χ0n) is 10.4. The highest BCUT2D eigenvalue weighted by atomic mass is 19.1. The van der Waals surface area contributed by atoms with Gasteiger partial charge >= 0.3 is 6.01 Å². The molecule has 1 aromatic carbocycles. The molecule has 0 spiro atoms. The Morgan fingerprint density at radius 1 is 1.37 bits per heavy atom. The lowest BCUT2D eigenvalue weighted by molar-refractivity contribution is -0.118. The summed E-state index contributed by atoms with van der Waals surface area (Å²) >= 11 is 0. The Morgan fingerprint density at radius 2 is 2.11 bits per heavy atom. The van der Waals surface area contributed by atoms with Gasteiger partial charge in [0.2, 0.25) is 5.89 Å². The fourth-order valence-electron chi connectivity index (χ4n) is 1.59. The molecule has 0 N–H and O–H groups in total. The van der Waals surface area contributed by atoms with Crippen molar-refractivity contribution in [2.24, 2.45) is 0 Å². The number of halogens is 1. The molecule has 1 heterocycles. The molecule has 2 aromatic rings. The fraction of sp³-hybridized carbons (Fsp3) is 0.308. The van der Waals surface area contributed by atoms with Crippen molar-refractivity contribution >= 4 is 5.78 Å². The minimum absolute atomic E-state index is 0.0179. The average Bonchev–Trinajstić information content (AvgIpc) is 2.86. The van der Waals surface area contributed by atoms with Crippen molar-refractivity contribution in [3.63, 3.8) is 0 Å². The molecular weight excluding hydrogens is 251 g/mol. The molecule has 0 atom stereocenters. The number of hydrogen-bond acceptors (Lipinski definition) is 5. The number of methoxy groups -OCH3 is 1. The van der Waals surface area contributed by atoms with Crippen LogP contribution in [0.3, 0.4) is 0 Å². The quantitative estimate of drug-likeness (QED) is 0.798. The van der Waals surface area contributed by atoms with Gasteiger partial charge in [0.15, 0.2) is 0 Å². The smallest absolute Gasteiger partial charge is 0.354 e. The van der Waals surface area contributed by atoms with E-state index in [4.69, 9.17) is 9.26 Å². The number of ether oxygens (including phenoxy) is 1. The molecule has 5 nitrogen and oxygen atoms in total. The Morgan fingerprint density at radius 3 is 2.74 bits per heavy atom. The molecule has 0 saturated heterocycles. The first-order valence-electron chi connectivity index (χ1n) is 5.80. The Balaban J connectivity index is 1.82. The maximum Gasteiger partial charge on any atom is 0.354 e. The van der Waals surface area contributed by atoms with Crippen LogP contribution in [0, 0.1) is 5.82 Å². The highest BCUT2D eigenvalue weighted by Gasteiger charge is 2.11. The molecule has 0 radical (unpaired) electrons. The van der Waals surface area contributed by atoms with E-state index in [0.717, 1.165) is 5.56 Å². The van der Waals surface area contributed by atoms with E-state index in [0.29, 0.717) is 12.8 Å². The maximum absolute atomic E-state index is 12.7. The highest BCUT2D eigenvalue weighted by Crippen LogP contribution is 2.09. The number of nitrogens with zero attached hydrogens (tertiary/aromatic N) is 2. The molecule has 0 unspecified atom stereocenters. The van der Waals surface area contributed by atoms with Crippen molar-refractivity contribution in [2.75, 3.05) is 7.11 Å². The number of carbonyl (C=O) groups excluding carboxylic acids is 1. The molecule has 100 valence electrons. The molecule has 0 aliphatic heterocycles. The zero-order chi connectivity index (χ0) is 13.7. The number of aryl methyl sites for hydroxylation is 1. The topological polar surface area (TPSA) is 65.2 Å². The predicted molar refractivity (Wildman–Crippen MR) is 64.3 cm³/mol. The molecule has 19 heavy (non-hydrogen) atoms. The summed E-state index contributed by atoms with van der Waals surface area (Å²) in [5.41, 5.74) is 0.915. The second-order valence-electron chi connectivity index (χ2n) is 4.02. The number of benzene rings is 1. The van der Waals surface area contributed by atoms with Gasteiger partial charge in [0.05, 0.1) is 13.5 Å². The summed E-state index contributed by atoms with van der Waals surface area (Å²) < 4.78 is 22.3. The van der Waals surface area contributed by atoms with Crippen LogP contribution in [0.2, 0.25) is 0 Å². The van der Waals surface area contributed by atoms with E-state index >= 15 is 0 Å². The summed E-state index contributed by atoms with van der Waals surface area (Å²) in [4.78, 5) is 15.6. The van der Waals surface area contributed by atoms with Gasteiger partial charge in [0.1, 0.15) is 11.6 Å². The summed E-state index contributed by atoms with van der Waals surface area (Å²) in [6, 6.07) is 6.20. The minimum Gasteiger partial charge on any atom is -0.465 e. The number of carbonyl (C=O) groups is 1. The van der Waals surface area contributed by atoms with Crippen LogP contribution in [0.4, 0.5) is 4.39 Å². The highest BCUT2D eigenvalue weighted by molar-refractivity contribution is 5.80. The van der Waals surface area contributed by atoms with Gasteiger partial charge in [0, 0.05) is 6.42 Å². The summed E-state index contributed by atoms with van der Waals surface area (Å²) in [6.07, 6.45) is 0.984. The fourth-order valence-corrected chi connectivity index (χ4v) is 1.59. The van der Waals surface area contributed by atoms with Crippen molar-refractivity contribution in [3.8, 4) is 6.01 Å². The molecular formula is C13H13FN2O3. The van der Waals surface area contributed by atoms with Crippen LogP contribution >= 0.6 is 0 Å². The van der Waals surface area contributed by atoms with E-state index in [1.807, 2.05) is 0 Å². The summed E-state index contributed by atoms with van der Waals surface area (Å²) in [5, 5.41) is 3.51. The third-order valence-corrected chi connectivity index (χ3v) is 2.59. The SMILES string of the molecule is COc1noc(CC(=O)CCc2ccc(F)cc2)n1. The summed E-state index contributed by atoms with van der Waals surface area (Å²) in [7, 11) is 1.42. The third kappa shape index (κ3) is 3.87. The number of rotatable bonds is 6. The van der Waals surface area contributed by atoms with Gasteiger partial charge in [-0.25, -0.2) is 4.39 Å². The average molecular weight is 264 g/mol. The summed E-state index contributed by atoms with van der Waals surface area (Å²) in [5.74, 6) is -0.0652. The Bertz CT molecular complexity index is 551. The minimum atomic E-state index is -0.284. The van der Waals surface area contributed by atoms with Crippen LogP contribution in [-0.2, 0) is 17.6 Å². The first-order valence-corrected chi connectivity index (χ1v) is 5.80. The molecule has 6 heteroatoms. The van der Waals surface area contributed by atoms with Gasteiger partial charge in [0.25, 0.3) is 0 Å². The van der Waals surface area contributed by atoms with Crippen molar-refractivity contribution in [2.45, 2.75) is 19.3 Å². The molecule has 2 rings (SSSR count). The van der Waals surface area contributed by atoms with Crippen molar-refractivity contribution in [3.05, 3.63) is 41.5 Å².